The number of tetrazole rings is 1. The van der Waals surface area contributed by atoms with Crippen LogP contribution in [0.5, 0.6) is 0 Å². The number of imidazole rings is 1. The van der Waals surface area contributed by atoms with Gasteiger partial charge in [-0.25, -0.2) is 10.1 Å². The molecule has 2 aromatic heterocycles. The number of primary amides is 1. The van der Waals surface area contributed by atoms with Crippen molar-refractivity contribution in [2.24, 2.45) is 11.1 Å². The second-order valence-corrected chi connectivity index (χ2v) is 9.72. The van der Waals surface area contributed by atoms with Crippen molar-refractivity contribution >= 4 is 5.91 Å². The lowest BCUT2D eigenvalue weighted by Crippen LogP contribution is -2.25. The van der Waals surface area contributed by atoms with Crippen LogP contribution in [-0.2, 0) is 13.0 Å². The molecule has 0 radical (unpaired) electrons. The summed E-state index contributed by atoms with van der Waals surface area (Å²) < 4.78 is 1.85. The minimum Gasteiger partial charge on any atom is -0.386 e. The summed E-state index contributed by atoms with van der Waals surface area (Å²) in [6.07, 6.45) is 0.617. The maximum Gasteiger partial charge on any atom is 0.267 e. The van der Waals surface area contributed by atoms with Gasteiger partial charge < -0.3 is 15.4 Å². The number of aryl methyl sites for hydroxylation is 1. The van der Waals surface area contributed by atoms with Gasteiger partial charge in [0.05, 0.1) is 0 Å². The number of aromatic amines is 1. The molecule has 0 aliphatic carbocycles. The van der Waals surface area contributed by atoms with E-state index in [1.807, 2.05) is 73.9 Å². The van der Waals surface area contributed by atoms with E-state index in [-0.39, 0.29) is 5.69 Å². The fraction of sp³-hybridized carbons (Fsp3) is 0.346. The third-order valence-electron chi connectivity index (χ3n) is 5.99. The summed E-state index contributed by atoms with van der Waals surface area (Å²) in [4.78, 5) is 17.2. The molecular formula is C26H31N7O2. The summed E-state index contributed by atoms with van der Waals surface area (Å²) in [6, 6.07) is 16.0. The first-order valence-electron chi connectivity index (χ1n) is 11.7. The Morgan fingerprint density at radius 2 is 1.80 bits per heavy atom. The van der Waals surface area contributed by atoms with Crippen molar-refractivity contribution in [2.75, 3.05) is 0 Å². The van der Waals surface area contributed by atoms with Crippen molar-refractivity contribution in [3.8, 4) is 22.5 Å². The molecule has 0 saturated carbocycles. The van der Waals surface area contributed by atoms with Crippen LogP contribution in [0.1, 0.15) is 67.8 Å². The van der Waals surface area contributed by atoms with Crippen LogP contribution < -0.4 is 5.73 Å². The van der Waals surface area contributed by atoms with E-state index in [4.69, 9.17) is 5.73 Å². The Hall–Kier alpha value is -3.85. The number of hydrogen-bond acceptors (Lipinski definition) is 6. The molecular weight excluding hydrogens is 442 g/mol. The summed E-state index contributed by atoms with van der Waals surface area (Å²) in [5.74, 6) is 0.750. The highest BCUT2D eigenvalue weighted by atomic mass is 16.3. The van der Waals surface area contributed by atoms with Crippen molar-refractivity contribution in [1.29, 1.82) is 0 Å². The van der Waals surface area contributed by atoms with E-state index in [1.54, 1.807) is 0 Å². The average Bonchev–Trinajstić information content (AvgIpc) is 3.48. The van der Waals surface area contributed by atoms with Crippen LogP contribution in [0.4, 0.5) is 0 Å². The molecule has 9 heteroatoms. The summed E-state index contributed by atoms with van der Waals surface area (Å²) in [5.41, 5.74) is 9.83. The van der Waals surface area contributed by atoms with Crippen LogP contribution in [0.25, 0.3) is 22.5 Å². The molecule has 4 aromatic rings. The third kappa shape index (κ3) is 5.00. The summed E-state index contributed by atoms with van der Waals surface area (Å²) in [5, 5.41) is 25.2. The lowest BCUT2D eigenvalue weighted by Gasteiger charge is -2.25. The number of H-pyrrole nitrogens is 1. The minimum atomic E-state index is -0.911. The van der Waals surface area contributed by atoms with Gasteiger partial charge >= 0.3 is 0 Å². The molecule has 2 heterocycles. The van der Waals surface area contributed by atoms with Gasteiger partial charge in [0.15, 0.2) is 5.82 Å². The Morgan fingerprint density at radius 1 is 1.11 bits per heavy atom. The molecule has 35 heavy (non-hydrogen) atoms. The van der Waals surface area contributed by atoms with Crippen molar-refractivity contribution in [3.05, 3.63) is 71.3 Å². The topological polar surface area (TPSA) is 136 Å². The molecule has 0 fully saturated rings. The first-order valence-corrected chi connectivity index (χ1v) is 11.7. The van der Waals surface area contributed by atoms with Crippen LogP contribution in [0.3, 0.4) is 0 Å². The number of nitrogens with two attached hydrogens (primary N) is 1. The number of benzene rings is 2. The monoisotopic (exact) mass is 473 g/mol. The molecule has 1 atom stereocenters. The van der Waals surface area contributed by atoms with Crippen molar-refractivity contribution < 1.29 is 9.90 Å². The number of carbonyl (C=O) groups excluding carboxylic acids is 1. The van der Waals surface area contributed by atoms with Gasteiger partial charge in [-0.3, -0.25) is 4.79 Å². The number of nitrogens with one attached hydrogen (secondary N) is 1. The largest absolute Gasteiger partial charge is 0.386 e. The van der Waals surface area contributed by atoms with Gasteiger partial charge in [-0.05, 0) is 39.0 Å². The van der Waals surface area contributed by atoms with Crippen molar-refractivity contribution in [3.63, 3.8) is 0 Å². The molecule has 4 N–H and O–H groups in total. The predicted molar refractivity (Wildman–Crippen MR) is 133 cm³/mol. The Bertz CT molecular complexity index is 1300. The number of aromatic nitrogens is 6. The third-order valence-corrected chi connectivity index (χ3v) is 5.99. The average molecular weight is 474 g/mol. The SMILES string of the molecule is CCCc1nc(C(O)C(C)(C)C)c(C(N)=O)n1Cc1ccc(-c2ccccc2-c2nnn[nH]2)cc1. The molecule has 0 saturated heterocycles. The van der Waals surface area contributed by atoms with Gasteiger partial charge in [-0.1, -0.05) is 76.2 Å². The fourth-order valence-electron chi connectivity index (χ4n) is 4.15. The van der Waals surface area contributed by atoms with E-state index in [0.717, 1.165) is 34.5 Å². The Labute approximate surface area is 204 Å². The molecule has 0 aliphatic rings. The summed E-state index contributed by atoms with van der Waals surface area (Å²) in [7, 11) is 0. The first-order chi connectivity index (χ1) is 16.7. The standard InChI is InChI=1S/C26H31N7O2/c1-5-8-20-28-21(23(34)26(2,3)4)22(24(27)35)33(20)15-16-11-13-17(14-12-16)18-9-6-7-10-19(18)25-29-31-32-30-25/h6-7,9-14,23,34H,5,8,15H2,1-4H3,(H2,27,35)(H,29,30,31,32). The van der Waals surface area contributed by atoms with Gasteiger partial charge in [0.2, 0.25) is 0 Å². The lowest BCUT2D eigenvalue weighted by atomic mass is 9.86. The Morgan fingerprint density at radius 3 is 2.37 bits per heavy atom. The number of carbonyl (C=O) groups is 1. The molecule has 4 rings (SSSR count). The van der Waals surface area contributed by atoms with Crippen molar-refractivity contribution in [2.45, 2.75) is 53.2 Å². The maximum atomic E-state index is 12.5. The summed E-state index contributed by atoms with van der Waals surface area (Å²) in [6.45, 7) is 8.20. The van der Waals surface area contributed by atoms with E-state index in [1.165, 1.54) is 0 Å². The van der Waals surface area contributed by atoms with Crippen LogP contribution in [0.2, 0.25) is 0 Å². The van der Waals surface area contributed by atoms with E-state index < -0.39 is 17.4 Å². The predicted octanol–water partition coefficient (Wildman–Crippen LogP) is 3.91. The zero-order valence-corrected chi connectivity index (χ0v) is 20.5. The van der Waals surface area contributed by atoms with Gasteiger partial charge in [0.1, 0.15) is 23.3 Å². The number of hydrogen-bond donors (Lipinski definition) is 3. The van der Waals surface area contributed by atoms with Gasteiger partial charge in [0, 0.05) is 18.5 Å². The van der Waals surface area contributed by atoms with Crippen LogP contribution in [0, 0.1) is 5.41 Å². The molecule has 0 spiro atoms. The van der Waals surface area contributed by atoms with Gasteiger partial charge in [-0.15, -0.1) is 5.10 Å². The number of rotatable bonds is 8. The zero-order chi connectivity index (χ0) is 25.2. The number of aliphatic hydroxyl groups is 1. The number of amides is 1. The van der Waals surface area contributed by atoms with Gasteiger partial charge in [0.25, 0.3) is 5.91 Å². The highest BCUT2D eigenvalue weighted by molar-refractivity contribution is 5.92. The normalized spacial score (nSPS) is 12.6. The molecule has 2 aromatic carbocycles. The van der Waals surface area contributed by atoms with Crippen molar-refractivity contribution in [1.82, 2.24) is 30.2 Å². The first kappa shape index (κ1) is 24.3. The molecule has 9 nitrogen and oxygen atoms in total. The fourth-order valence-corrected chi connectivity index (χ4v) is 4.15. The zero-order valence-electron chi connectivity index (χ0n) is 20.5. The lowest BCUT2D eigenvalue weighted by molar-refractivity contribution is 0.0576. The van der Waals surface area contributed by atoms with E-state index in [0.29, 0.717) is 24.5 Å². The molecule has 1 amide bonds. The Kier molecular flexibility index (Phi) is 6.79. The molecule has 1 unspecified atom stereocenters. The van der Waals surface area contributed by atoms with E-state index in [9.17, 15) is 9.90 Å². The molecule has 0 aliphatic heterocycles. The number of nitrogens with zero attached hydrogens (tertiary/aromatic N) is 5. The van der Waals surface area contributed by atoms with E-state index >= 15 is 0 Å². The second-order valence-electron chi connectivity index (χ2n) is 9.72. The highest BCUT2D eigenvalue weighted by Crippen LogP contribution is 2.35. The minimum absolute atomic E-state index is 0.267. The smallest absolute Gasteiger partial charge is 0.267 e. The van der Waals surface area contributed by atoms with E-state index in [2.05, 4.69) is 32.5 Å². The van der Waals surface area contributed by atoms with Crippen LogP contribution in [-0.4, -0.2) is 41.2 Å². The quantitative estimate of drug-likeness (QED) is 0.355. The van der Waals surface area contributed by atoms with Crippen LogP contribution >= 0.6 is 0 Å². The highest BCUT2D eigenvalue weighted by Gasteiger charge is 2.32. The number of aliphatic hydroxyl groups excluding tert-OH is 1. The van der Waals surface area contributed by atoms with Gasteiger partial charge in [-0.2, -0.15) is 0 Å². The maximum absolute atomic E-state index is 12.5. The summed E-state index contributed by atoms with van der Waals surface area (Å²) >= 11 is 0. The molecule has 0 bridgehead atoms. The molecule has 182 valence electrons. The van der Waals surface area contributed by atoms with Crippen LogP contribution in [0.15, 0.2) is 48.5 Å². The Balaban J connectivity index is 1.70. The second kappa shape index (κ2) is 9.79.